The van der Waals surface area contributed by atoms with Crippen molar-refractivity contribution in [2.75, 3.05) is 0 Å². The van der Waals surface area contributed by atoms with Crippen LogP contribution in [0.1, 0.15) is 13.8 Å². The van der Waals surface area contributed by atoms with E-state index in [-0.39, 0.29) is 0 Å². The molecule has 0 fully saturated rings. The molecule has 7 heavy (non-hydrogen) atoms. The molecular weight excluding hydrogens is 330 g/mol. The Hall–Kier alpha value is 1.68. The van der Waals surface area contributed by atoms with Gasteiger partial charge < -0.3 is 0 Å². The summed E-state index contributed by atoms with van der Waals surface area (Å²) in [4.78, 5) is 0. The molecule has 0 radical (unpaired) electrons. The lowest BCUT2D eigenvalue weighted by atomic mass is 11.0. The van der Waals surface area contributed by atoms with Gasteiger partial charge in [0.2, 0.25) is 0 Å². The summed E-state index contributed by atoms with van der Waals surface area (Å²) in [6.45, 7) is 4.57. The number of halogens is 2. The minimum absolute atomic E-state index is 0.711. The molecule has 0 saturated heterocycles. The van der Waals surface area contributed by atoms with Gasteiger partial charge in [0.1, 0.15) is 0 Å². The third-order valence-corrected chi connectivity index (χ3v) is 12.3. The van der Waals surface area contributed by atoms with E-state index in [1.807, 2.05) is 0 Å². The van der Waals surface area contributed by atoms with E-state index in [2.05, 4.69) is 57.4 Å². The van der Waals surface area contributed by atoms with E-state index in [1.165, 1.54) is 12.1 Å². The Labute approximate surface area is 71.9 Å². The van der Waals surface area contributed by atoms with Crippen LogP contribution in [0.3, 0.4) is 0 Å². The smallest absolute Gasteiger partial charge is 0.105 e. The van der Waals surface area contributed by atoms with Gasteiger partial charge in [-0.25, -0.2) is 0 Å². The molecule has 0 aliphatic carbocycles. The SMILES string of the molecule is CC[Si](I)(I)CC. The third-order valence-electron chi connectivity index (χ3n) is 1.03. The minimum Gasteiger partial charge on any atom is -0.105 e. The summed E-state index contributed by atoms with van der Waals surface area (Å²) in [7, 11) is 0. The van der Waals surface area contributed by atoms with Gasteiger partial charge in [-0.1, -0.05) is 13.8 Å². The maximum atomic E-state index is 2.63. The van der Waals surface area contributed by atoms with Crippen molar-refractivity contribution >= 4 is 46.7 Å². The standard InChI is InChI=1S/C4H10I2Si/c1-3-7(5,6)4-2/h3-4H2,1-2H3. The Kier molecular flexibility index (Phi) is 4.53. The van der Waals surface area contributed by atoms with E-state index in [4.69, 9.17) is 0 Å². The average molecular weight is 340 g/mol. The van der Waals surface area contributed by atoms with Crippen LogP contribution in [0.4, 0.5) is 0 Å². The van der Waals surface area contributed by atoms with Gasteiger partial charge in [0.25, 0.3) is 0 Å². The van der Waals surface area contributed by atoms with E-state index in [0.29, 0.717) is 0 Å². The molecule has 0 N–H and O–H groups in total. The summed E-state index contributed by atoms with van der Waals surface area (Å²) in [5.41, 5.74) is 0. The van der Waals surface area contributed by atoms with Crippen LogP contribution in [-0.4, -0.2) is 3.07 Å². The molecular formula is C4H10I2Si. The fraction of sp³-hybridized carbons (Fsp3) is 1.00. The first kappa shape index (κ1) is 8.68. The first-order valence-electron chi connectivity index (χ1n) is 2.50. The van der Waals surface area contributed by atoms with Crippen LogP contribution in [0.15, 0.2) is 0 Å². The van der Waals surface area contributed by atoms with E-state index >= 15 is 0 Å². The maximum Gasteiger partial charge on any atom is 0.191 e. The second kappa shape index (κ2) is 3.65. The zero-order valence-electron chi connectivity index (χ0n) is 4.67. The van der Waals surface area contributed by atoms with Crippen LogP contribution in [0.25, 0.3) is 0 Å². The first-order chi connectivity index (χ1) is 3.12. The van der Waals surface area contributed by atoms with Gasteiger partial charge in [-0.15, -0.1) is 43.6 Å². The van der Waals surface area contributed by atoms with Gasteiger partial charge in [-0.3, -0.25) is 0 Å². The van der Waals surface area contributed by atoms with Crippen LogP contribution >= 0.6 is 43.6 Å². The van der Waals surface area contributed by atoms with E-state index in [9.17, 15) is 0 Å². The molecule has 3 heteroatoms. The van der Waals surface area contributed by atoms with Gasteiger partial charge in [0.05, 0.1) is 0 Å². The van der Waals surface area contributed by atoms with Crippen molar-refractivity contribution in [3.05, 3.63) is 0 Å². The lowest BCUT2D eigenvalue weighted by Crippen LogP contribution is -2.11. The van der Waals surface area contributed by atoms with Crippen molar-refractivity contribution in [1.82, 2.24) is 0 Å². The molecule has 0 bridgehead atoms. The van der Waals surface area contributed by atoms with Gasteiger partial charge in [-0.2, -0.15) is 0 Å². The van der Waals surface area contributed by atoms with Crippen molar-refractivity contribution in [3.63, 3.8) is 0 Å². The Morgan fingerprint density at radius 3 is 1.43 bits per heavy atom. The predicted molar refractivity (Wildman–Crippen MR) is 54.8 cm³/mol. The van der Waals surface area contributed by atoms with Crippen LogP contribution < -0.4 is 0 Å². The monoisotopic (exact) mass is 340 g/mol. The molecule has 0 amide bonds. The van der Waals surface area contributed by atoms with Gasteiger partial charge in [0, 0.05) is 0 Å². The Bertz CT molecular complexity index is 47.7. The Morgan fingerprint density at radius 2 is 1.43 bits per heavy atom. The first-order valence-corrected chi connectivity index (χ1v) is 11.1. The van der Waals surface area contributed by atoms with E-state index in [0.717, 1.165) is 0 Å². The molecule has 0 heterocycles. The van der Waals surface area contributed by atoms with E-state index in [1.54, 1.807) is 0 Å². The van der Waals surface area contributed by atoms with Gasteiger partial charge in [0.15, 0.2) is 3.07 Å². The normalized spacial score (nSPS) is 12.0. The highest BCUT2D eigenvalue weighted by atomic mass is 127. The quantitative estimate of drug-likeness (QED) is 0.411. The fourth-order valence-corrected chi connectivity index (χ4v) is 0.750. The Balaban J connectivity index is 3.36. The van der Waals surface area contributed by atoms with Crippen molar-refractivity contribution in [2.24, 2.45) is 0 Å². The molecule has 0 unspecified atom stereocenters. The largest absolute Gasteiger partial charge is 0.191 e. The lowest BCUT2D eigenvalue weighted by molar-refractivity contribution is 1.35. The second-order valence-electron chi connectivity index (χ2n) is 1.56. The Morgan fingerprint density at radius 1 is 1.14 bits per heavy atom. The van der Waals surface area contributed by atoms with E-state index < -0.39 is 3.07 Å². The lowest BCUT2D eigenvalue weighted by Gasteiger charge is -2.09. The fourth-order valence-electron chi connectivity index (χ4n) is 0.250. The molecule has 44 valence electrons. The zero-order chi connectivity index (χ0) is 5.91. The molecule has 0 saturated carbocycles. The van der Waals surface area contributed by atoms with Crippen molar-refractivity contribution in [1.29, 1.82) is 0 Å². The third kappa shape index (κ3) is 4.20. The summed E-state index contributed by atoms with van der Waals surface area (Å²) >= 11 is 5.26. The summed E-state index contributed by atoms with van der Waals surface area (Å²) in [5, 5.41) is 0. The van der Waals surface area contributed by atoms with Crippen LogP contribution in [0.2, 0.25) is 12.1 Å². The minimum atomic E-state index is -0.711. The number of rotatable bonds is 2. The van der Waals surface area contributed by atoms with Crippen molar-refractivity contribution in [2.45, 2.75) is 25.9 Å². The van der Waals surface area contributed by atoms with Crippen LogP contribution in [0, 0.1) is 0 Å². The second-order valence-corrected chi connectivity index (χ2v) is 23.3. The van der Waals surface area contributed by atoms with Crippen LogP contribution in [-0.2, 0) is 0 Å². The molecule has 0 aliphatic heterocycles. The predicted octanol–water partition coefficient (Wildman–Crippen LogP) is 3.34. The zero-order valence-corrected chi connectivity index (χ0v) is 9.99. The molecule has 0 spiro atoms. The number of hydrogen-bond acceptors (Lipinski definition) is 0. The highest BCUT2D eigenvalue weighted by molar-refractivity contribution is 14.3. The molecule has 0 aliphatic rings. The summed E-state index contributed by atoms with van der Waals surface area (Å²) < 4.78 is -0.711. The average Bonchev–Trinajstić information content (AvgIpc) is 1.68. The summed E-state index contributed by atoms with van der Waals surface area (Å²) in [5.74, 6) is 0. The molecule has 0 aromatic heterocycles. The molecule has 0 nitrogen and oxygen atoms in total. The molecule has 0 atom stereocenters. The maximum absolute atomic E-state index is 2.63. The highest BCUT2D eigenvalue weighted by Crippen LogP contribution is 2.29. The summed E-state index contributed by atoms with van der Waals surface area (Å²) in [6.07, 6.45) is 0. The van der Waals surface area contributed by atoms with Crippen LogP contribution in [0.5, 0.6) is 0 Å². The van der Waals surface area contributed by atoms with Gasteiger partial charge in [-0.05, 0) is 12.1 Å². The van der Waals surface area contributed by atoms with Crippen molar-refractivity contribution < 1.29 is 0 Å². The molecule has 0 aromatic carbocycles. The highest BCUT2D eigenvalue weighted by Gasteiger charge is 2.19. The number of hydrogen-bond donors (Lipinski definition) is 0. The van der Waals surface area contributed by atoms with Crippen molar-refractivity contribution in [3.8, 4) is 0 Å². The topological polar surface area (TPSA) is 0 Å². The molecule has 0 aromatic rings. The summed E-state index contributed by atoms with van der Waals surface area (Å²) in [6, 6.07) is 2.81. The van der Waals surface area contributed by atoms with Gasteiger partial charge >= 0.3 is 0 Å². The molecule has 0 rings (SSSR count).